The van der Waals surface area contributed by atoms with Crippen LogP contribution in [0.4, 0.5) is 4.39 Å². The molecule has 0 amide bonds. The number of hydrogen-bond acceptors (Lipinski definition) is 4. The van der Waals surface area contributed by atoms with Gasteiger partial charge in [0.25, 0.3) is 5.56 Å². The summed E-state index contributed by atoms with van der Waals surface area (Å²) < 4.78 is 20.9. The molecule has 1 aromatic carbocycles. The van der Waals surface area contributed by atoms with Gasteiger partial charge in [0.15, 0.2) is 0 Å². The van der Waals surface area contributed by atoms with Crippen molar-refractivity contribution < 1.29 is 13.9 Å². The van der Waals surface area contributed by atoms with E-state index in [1.54, 1.807) is 36.6 Å². The van der Waals surface area contributed by atoms with Crippen molar-refractivity contribution in [2.45, 2.75) is 20.4 Å². The average Bonchev–Trinajstić information content (AvgIpc) is 2.95. The molecule has 0 aliphatic carbocycles. The summed E-state index contributed by atoms with van der Waals surface area (Å²) in [5.41, 5.74) is 1.42. The maximum atomic E-state index is 13.1. The molecule has 0 bridgehead atoms. The molecule has 0 radical (unpaired) electrons. The lowest BCUT2D eigenvalue weighted by Gasteiger charge is -2.11. The summed E-state index contributed by atoms with van der Waals surface area (Å²) >= 11 is 0. The van der Waals surface area contributed by atoms with Crippen molar-refractivity contribution in [3.8, 4) is 0 Å². The fraction of sp³-hybridized carbons (Fsp3) is 0.235. The van der Waals surface area contributed by atoms with Crippen LogP contribution >= 0.6 is 0 Å². The Bertz CT molecular complexity index is 958. The van der Waals surface area contributed by atoms with E-state index in [2.05, 4.69) is 5.10 Å². The summed E-state index contributed by atoms with van der Waals surface area (Å²) in [7, 11) is 0. The van der Waals surface area contributed by atoms with E-state index in [0.717, 1.165) is 5.56 Å². The van der Waals surface area contributed by atoms with Crippen LogP contribution in [0.1, 0.15) is 28.5 Å². The minimum absolute atomic E-state index is 0.0884. The van der Waals surface area contributed by atoms with Gasteiger partial charge >= 0.3 is 5.97 Å². The second kappa shape index (κ2) is 6.27. The number of nitrogens with zero attached hydrogens (tertiary/aromatic N) is 3. The number of aromatic nitrogens is 3. The van der Waals surface area contributed by atoms with Crippen LogP contribution in [0.2, 0.25) is 0 Å². The van der Waals surface area contributed by atoms with Crippen LogP contribution in [0.15, 0.2) is 41.3 Å². The first-order chi connectivity index (χ1) is 11.5. The van der Waals surface area contributed by atoms with E-state index in [1.165, 1.54) is 22.8 Å². The molecule has 3 rings (SSSR count). The molecule has 0 saturated carbocycles. The molecule has 0 aliphatic heterocycles. The number of rotatable bonds is 4. The number of hydrogen-bond donors (Lipinski definition) is 0. The van der Waals surface area contributed by atoms with Crippen molar-refractivity contribution >= 4 is 11.6 Å². The van der Waals surface area contributed by atoms with E-state index in [4.69, 9.17) is 4.74 Å². The molecule has 124 valence electrons. The van der Waals surface area contributed by atoms with Gasteiger partial charge in [0.2, 0.25) is 0 Å². The Kier molecular flexibility index (Phi) is 4.16. The molecule has 6 nitrogen and oxygen atoms in total. The van der Waals surface area contributed by atoms with E-state index in [1.807, 2.05) is 0 Å². The first-order valence-corrected chi connectivity index (χ1v) is 7.51. The molecule has 2 aromatic heterocycles. The van der Waals surface area contributed by atoms with Crippen LogP contribution in [0, 0.1) is 12.7 Å². The molecule has 0 fully saturated rings. The number of fused-ring (bicyclic) bond motifs is 1. The highest BCUT2D eigenvalue weighted by atomic mass is 19.1. The van der Waals surface area contributed by atoms with Gasteiger partial charge in [0, 0.05) is 18.8 Å². The highest BCUT2D eigenvalue weighted by Gasteiger charge is 2.18. The second-order valence-corrected chi connectivity index (χ2v) is 5.38. The number of benzene rings is 1. The number of aryl methyl sites for hydroxylation is 1. The molecule has 0 unspecified atom stereocenters. The van der Waals surface area contributed by atoms with Crippen molar-refractivity contribution in [3.05, 3.63) is 69.5 Å². The molecule has 0 aliphatic rings. The monoisotopic (exact) mass is 329 g/mol. The molecule has 0 atom stereocenters. The van der Waals surface area contributed by atoms with Gasteiger partial charge in [-0.25, -0.2) is 9.18 Å². The van der Waals surface area contributed by atoms with Crippen LogP contribution in [0.25, 0.3) is 5.65 Å². The lowest BCUT2D eigenvalue weighted by molar-refractivity contribution is 0.0523. The SMILES string of the molecule is CCOC(=O)c1cn(Cc2ccc(F)cc2)c2cc(C)nn2c1=O. The average molecular weight is 329 g/mol. The van der Waals surface area contributed by atoms with Crippen molar-refractivity contribution in [1.82, 2.24) is 14.2 Å². The lowest BCUT2D eigenvalue weighted by Crippen LogP contribution is -2.27. The largest absolute Gasteiger partial charge is 0.462 e. The third-order valence-corrected chi connectivity index (χ3v) is 3.58. The summed E-state index contributed by atoms with van der Waals surface area (Å²) in [6, 6.07) is 7.78. The first kappa shape index (κ1) is 15.9. The summed E-state index contributed by atoms with van der Waals surface area (Å²) in [6.07, 6.45) is 1.46. The number of ether oxygens (including phenoxy) is 1. The van der Waals surface area contributed by atoms with Gasteiger partial charge in [0.05, 0.1) is 12.3 Å². The molecule has 0 N–H and O–H groups in total. The van der Waals surface area contributed by atoms with Crippen LogP contribution < -0.4 is 5.56 Å². The second-order valence-electron chi connectivity index (χ2n) is 5.38. The summed E-state index contributed by atoms with van der Waals surface area (Å²) in [5.74, 6) is -1.01. The number of carbonyl (C=O) groups is 1. The van der Waals surface area contributed by atoms with E-state index in [0.29, 0.717) is 17.9 Å². The molecular weight excluding hydrogens is 313 g/mol. The zero-order valence-corrected chi connectivity index (χ0v) is 13.3. The summed E-state index contributed by atoms with van der Waals surface area (Å²) in [6.45, 7) is 3.97. The van der Waals surface area contributed by atoms with Crippen LogP contribution in [-0.4, -0.2) is 26.8 Å². The Hall–Kier alpha value is -2.96. The lowest BCUT2D eigenvalue weighted by atomic mass is 10.2. The van der Waals surface area contributed by atoms with Gasteiger partial charge < -0.3 is 9.30 Å². The Morgan fingerprint density at radius 2 is 2.00 bits per heavy atom. The van der Waals surface area contributed by atoms with Gasteiger partial charge in [-0.3, -0.25) is 4.79 Å². The maximum absolute atomic E-state index is 13.1. The smallest absolute Gasteiger partial charge is 0.345 e. The first-order valence-electron chi connectivity index (χ1n) is 7.51. The van der Waals surface area contributed by atoms with Crippen molar-refractivity contribution in [2.75, 3.05) is 6.61 Å². The highest BCUT2D eigenvalue weighted by Crippen LogP contribution is 2.11. The van der Waals surface area contributed by atoms with E-state index in [9.17, 15) is 14.0 Å². The maximum Gasteiger partial charge on any atom is 0.345 e. The third-order valence-electron chi connectivity index (χ3n) is 3.58. The van der Waals surface area contributed by atoms with Gasteiger partial charge in [-0.1, -0.05) is 12.1 Å². The molecule has 3 aromatic rings. The Balaban J connectivity index is 2.14. The number of halogens is 1. The third kappa shape index (κ3) is 2.92. The van der Waals surface area contributed by atoms with E-state index >= 15 is 0 Å². The van der Waals surface area contributed by atoms with Gasteiger partial charge in [-0.15, -0.1) is 0 Å². The fourth-order valence-corrected chi connectivity index (χ4v) is 2.49. The fourth-order valence-electron chi connectivity index (χ4n) is 2.49. The molecule has 7 heteroatoms. The normalized spacial score (nSPS) is 11.0. The van der Waals surface area contributed by atoms with E-state index < -0.39 is 11.5 Å². The zero-order chi connectivity index (χ0) is 17.3. The van der Waals surface area contributed by atoms with Gasteiger partial charge in [-0.2, -0.15) is 9.61 Å². The van der Waals surface area contributed by atoms with E-state index in [-0.39, 0.29) is 18.0 Å². The predicted molar refractivity (Wildman–Crippen MR) is 85.6 cm³/mol. The highest BCUT2D eigenvalue weighted by molar-refractivity contribution is 5.88. The Labute approximate surface area is 137 Å². The van der Waals surface area contributed by atoms with Gasteiger partial charge in [0.1, 0.15) is 17.0 Å². The van der Waals surface area contributed by atoms with Crippen molar-refractivity contribution in [1.29, 1.82) is 0 Å². The summed E-state index contributed by atoms with van der Waals surface area (Å²) in [5, 5.41) is 4.15. The predicted octanol–water partition coefficient (Wildman–Crippen LogP) is 2.17. The molecule has 2 heterocycles. The Morgan fingerprint density at radius 3 is 2.67 bits per heavy atom. The minimum Gasteiger partial charge on any atom is -0.462 e. The minimum atomic E-state index is -0.689. The molecule has 0 saturated heterocycles. The number of carbonyl (C=O) groups excluding carboxylic acids is 1. The molecule has 24 heavy (non-hydrogen) atoms. The standard InChI is InChI=1S/C17H16FN3O3/c1-3-24-17(23)14-10-20(9-12-4-6-13(18)7-5-12)15-8-11(2)19-21(15)16(14)22/h4-8,10H,3,9H2,1-2H3. The van der Waals surface area contributed by atoms with Crippen LogP contribution in [-0.2, 0) is 11.3 Å². The topological polar surface area (TPSA) is 65.6 Å². The van der Waals surface area contributed by atoms with Crippen LogP contribution in [0.3, 0.4) is 0 Å². The number of esters is 1. The molecular formula is C17H16FN3O3. The molecule has 0 spiro atoms. The summed E-state index contributed by atoms with van der Waals surface area (Å²) in [4.78, 5) is 24.5. The van der Waals surface area contributed by atoms with Crippen LogP contribution in [0.5, 0.6) is 0 Å². The van der Waals surface area contributed by atoms with Crippen molar-refractivity contribution in [2.24, 2.45) is 0 Å². The van der Waals surface area contributed by atoms with Crippen molar-refractivity contribution in [3.63, 3.8) is 0 Å². The van der Waals surface area contributed by atoms with Gasteiger partial charge in [-0.05, 0) is 31.5 Å². The zero-order valence-electron chi connectivity index (χ0n) is 13.3. The quantitative estimate of drug-likeness (QED) is 0.688. The Morgan fingerprint density at radius 1 is 1.29 bits per heavy atom.